The van der Waals surface area contributed by atoms with Crippen LogP contribution in [-0.4, -0.2) is 10.4 Å². The molecule has 2 heteroatoms. The largest absolute Gasteiger partial charge is 0.352 e. The van der Waals surface area contributed by atoms with E-state index in [1.807, 2.05) is 20.0 Å². The molecule has 1 rings (SSSR count). The number of carbonyl (C=O) groups is 1. The van der Waals surface area contributed by atoms with Crippen LogP contribution in [0.3, 0.4) is 0 Å². The Morgan fingerprint density at radius 2 is 2.00 bits per heavy atom. The van der Waals surface area contributed by atoms with E-state index in [2.05, 4.69) is 17.6 Å². The molecule has 0 radical (unpaired) electrons. The van der Waals surface area contributed by atoms with Crippen LogP contribution in [0.5, 0.6) is 0 Å². The van der Waals surface area contributed by atoms with E-state index in [0.717, 1.165) is 5.56 Å². The molecule has 0 aliphatic rings. The van der Waals surface area contributed by atoms with Crippen molar-refractivity contribution < 1.29 is 4.79 Å². The summed E-state index contributed by atoms with van der Waals surface area (Å²) in [5, 5.41) is 0. The fourth-order valence-corrected chi connectivity index (χ4v) is 1.26. The van der Waals surface area contributed by atoms with Gasteiger partial charge in [0.15, 0.2) is 5.78 Å². The first-order valence-electron chi connectivity index (χ1n) is 4.34. The molecule has 0 aliphatic heterocycles. The van der Waals surface area contributed by atoms with E-state index >= 15 is 0 Å². The summed E-state index contributed by atoms with van der Waals surface area (Å²) in [5.41, 5.74) is 3.52. The quantitative estimate of drug-likeness (QED) is 0.662. The number of aryl methyl sites for hydroxylation is 1. The molecule has 1 aromatic rings. The summed E-state index contributed by atoms with van der Waals surface area (Å²) < 4.78 is 2.11. The summed E-state index contributed by atoms with van der Waals surface area (Å²) >= 11 is 0. The smallest absolute Gasteiger partial charge is 0.152 e. The highest BCUT2D eigenvalue weighted by molar-refractivity contribution is 5.91. The summed E-state index contributed by atoms with van der Waals surface area (Å²) in [6.45, 7) is 5.66. The van der Waals surface area contributed by atoms with Crippen molar-refractivity contribution in [1.29, 1.82) is 0 Å². The van der Waals surface area contributed by atoms with Gasteiger partial charge in [0.25, 0.3) is 0 Å². The van der Waals surface area contributed by atoms with Crippen molar-refractivity contribution in [3.63, 3.8) is 0 Å². The molecule has 0 unspecified atom stereocenters. The van der Waals surface area contributed by atoms with Gasteiger partial charge >= 0.3 is 0 Å². The second kappa shape index (κ2) is 4.80. The Morgan fingerprint density at radius 1 is 1.43 bits per heavy atom. The highest BCUT2D eigenvalue weighted by Crippen LogP contribution is 2.14. The van der Waals surface area contributed by atoms with E-state index in [4.69, 9.17) is 0 Å². The van der Waals surface area contributed by atoms with Gasteiger partial charge in [-0.3, -0.25) is 4.79 Å². The minimum atomic E-state index is 0. The molecule has 0 aliphatic carbocycles. The molecule has 0 amide bonds. The number of aromatic nitrogens is 1. The van der Waals surface area contributed by atoms with Crippen LogP contribution in [0.15, 0.2) is 12.1 Å². The fraction of sp³-hybridized carbons (Fsp3) is 0.417. The maximum absolute atomic E-state index is 10.7. The second-order valence-electron chi connectivity index (χ2n) is 3.33. The van der Waals surface area contributed by atoms with E-state index in [1.165, 1.54) is 11.4 Å². The number of rotatable bonds is 2. The predicted molar refractivity (Wildman–Crippen MR) is 61.3 cm³/mol. The van der Waals surface area contributed by atoms with Crippen molar-refractivity contribution in [3.8, 4) is 0 Å². The second-order valence-corrected chi connectivity index (χ2v) is 3.33. The Kier molecular flexibility index (Phi) is 4.35. The fourth-order valence-electron chi connectivity index (χ4n) is 1.26. The minimum absolute atomic E-state index is 0. The van der Waals surface area contributed by atoms with Crippen LogP contribution < -0.4 is 0 Å². The van der Waals surface area contributed by atoms with Crippen molar-refractivity contribution in [3.05, 3.63) is 29.1 Å². The van der Waals surface area contributed by atoms with Crippen LogP contribution in [0.25, 0.3) is 6.08 Å². The molecule has 78 valence electrons. The van der Waals surface area contributed by atoms with E-state index in [9.17, 15) is 4.79 Å². The molecule has 2 nitrogen and oxygen atoms in total. The van der Waals surface area contributed by atoms with E-state index in [1.54, 1.807) is 13.0 Å². The lowest BCUT2D eigenvalue weighted by Gasteiger charge is -1.98. The highest BCUT2D eigenvalue weighted by atomic mass is 16.1. The zero-order valence-electron chi connectivity index (χ0n) is 8.59. The Bertz CT molecular complexity index is 359. The summed E-state index contributed by atoms with van der Waals surface area (Å²) in [6.07, 6.45) is 3.46. The third-order valence-electron chi connectivity index (χ3n) is 2.31. The number of hydrogen-bond donors (Lipinski definition) is 0. The zero-order valence-corrected chi connectivity index (χ0v) is 8.59. The van der Waals surface area contributed by atoms with Crippen LogP contribution in [-0.2, 0) is 11.8 Å². The Morgan fingerprint density at radius 3 is 2.36 bits per heavy atom. The lowest BCUT2D eigenvalue weighted by molar-refractivity contribution is -0.112. The van der Waals surface area contributed by atoms with Crippen LogP contribution >= 0.6 is 0 Å². The zero-order chi connectivity index (χ0) is 10.0. The Labute approximate surface area is 86.2 Å². The molecule has 0 saturated carbocycles. The topological polar surface area (TPSA) is 22.0 Å². The lowest BCUT2D eigenvalue weighted by atomic mass is 10.2. The molecular formula is C12H19NO. The maximum Gasteiger partial charge on any atom is 0.152 e. The average molecular weight is 193 g/mol. The van der Waals surface area contributed by atoms with Gasteiger partial charge in [-0.05, 0) is 44.6 Å². The molecule has 1 heterocycles. The van der Waals surface area contributed by atoms with Gasteiger partial charge in [0.05, 0.1) is 0 Å². The van der Waals surface area contributed by atoms with E-state index in [0.29, 0.717) is 0 Å². The van der Waals surface area contributed by atoms with E-state index < -0.39 is 0 Å². The van der Waals surface area contributed by atoms with Crippen LogP contribution in [0.4, 0.5) is 0 Å². The van der Waals surface area contributed by atoms with Crippen LogP contribution in [0, 0.1) is 13.8 Å². The summed E-state index contributed by atoms with van der Waals surface area (Å²) in [7, 11) is 2.02. The molecule has 0 saturated heterocycles. The van der Waals surface area contributed by atoms with Crippen molar-refractivity contribution >= 4 is 11.9 Å². The van der Waals surface area contributed by atoms with Crippen molar-refractivity contribution in [2.24, 2.45) is 7.05 Å². The number of nitrogens with zero attached hydrogens (tertiary/aromatic N) is 1. The molecule has 0 fully saturated rings. The molecule has 0 aromatic carbocycles. The summed E-state index contributed by atoms with van der Waals surface area (Å²) in [4.78, 5) is 10.7. The molecule has 1 aromatic heterocycles. The Balaban J connectivity index is 0.00000169. The lowest BCUT2D eigenvalue weighted by Crippen LogP contribution is -1.92. The van der Waals surface area contributed by atoms with Gasteiger partial charge < -0.3 is 4.57 Å². The highest BCUT2D eigenvalue weighted by Gasteiger charge is 2.02. The molecular weight excluding hydrogens is 174 g/mol. The molecule has 0 spiro atoms. The van der Waals surface area contributed by atoms with Gasteiger partial charge in [-0.1, -0.05) is 7.43 Å². The predicted octanol–water partition coefficient (Wildman–Crippen LogP) is 2.88. The SMILES string of the molecule is C.CC(=O)/C=C/c1cc(C)n(C)c1C. The normalized spacial score (nSPS) is 10.3. The first-order valence-corrected chi connectivity index (χ1v) is 4.34. The summed E-state index contributed by atoms with van der Waals surface area (Å²) in [6, 6.07) is 2.08. The van der Waals surface area contributed by atoms with Gasteiger partial charge in [0.1, 0.15) is 0 Å². The number of carbonyl (C=O) groups excluding carboxylic acids is 1. The van der Waals surface area contributed by atoms with Gasteiger partial charge in [0, 0.05) is 18.4 Å². The summed E-state index contributed by atoms with van der Waals surface area (Å²) in [5.74, 6) is 0.0842. The molecule has 14 heavy (non-hydrogen) atoms. The maximum atomic E-state index is 10.7. The monoisotopic (exact) mass is 193 g/mol. The standard InChI is InChI=1S/C11H15NO.CH4/c1-8-7-11(6-5-9(2)13)10(3)12(8)4;/h5-7H,1-4H3;1H4/b6-5+;. The van der Waals surface area contributed by atoms with Crippen molar-refractivity contribution in [2.75, 3.05) is 0 Å². The average Bonchev–Trinajstić information content (AvgIpc) is 2.29. The van der Waals surface area contributed by atoms with Crippen molar-refractivity contribution in [2.45, 2.75) is 28.2 Å². The van der Waals surface area contributed by atoms with Crippen LogP contribution in [0.2, 0.25) is 0 Å². The molecule has 0 bridgehead atoms. The van der Waals surface area contributed by atoms with E-state index in [-0.39, 0.29) is 13.2 Å². The van der Waals surface area contributed by atoms with Gasteiger partial charge in [-0.25, -0.2) is 0 Å². The first kappa shape index (κ1) is 12.7. The van der Waals surface area contributed by atoms with Crippen LogP contribution in [0.1, 0.15) is 31.3 Å². The van der Waals surface area contributed by atoms with Gasteiger partial charge in [-0.15, -0.1) is 0 Å². The van der Waals surface area contributed by atoms with Gasteiger partial charge in [-0.2, -0.15) is 0 Å². The third kappa shape index (κ3) is 2.59. The number of allylic oxidation sites excluding steroid dienone is 1. The minimum Gasteiger partial charge on any atom is -0.352 e. The third-order valence-corrected chi connectivity index (χ3v) is 2.31. The first-order chi connectivity index (χ1) is 6.02. The molecule has 0 N–H and O–H groups in total. The molecule has 0 atom stereocenters. The van der Waals surface area contributed by atoms with Crippen molar-refractivity contribution in [1.82, 2.24) is 4.57 Å². The number of ketones is 1. The van der Waals surface area contributed by atoms with Gasteiger partial charge in [0.2, 0.25) is 0 Å². The Hall–Kier alpha value is -1.31. The number of hydrogen-bond acceptors (Lipinski definition) is 1.